The van der Waals surface area contributed by atoms with E-state index in [4.69, 9.17) is 15.3 Å². The van der Waals surface area contributed by atoms with Crippen LogP contribution in [0.4, 0.5) is 0 Å². The van der Waals surface area contributed by atoms with Gasteiger partial charge in [0.2, 0.25) is 0 Å². The number of rotatable bonds is 5. The van der Waals surface area contributed by atoms with Crippen molar-refractivity contribution < 1.29 is 15.3 Å². The number of halogens is 1. The summed E-state index contributed by atoms with van der Waals surface area (Å²) in [6, 6.07) is 0. The maximum absolute atomic E-state index is 8.94. The molecule has 0 aromatic heterocycles. The van der Waals surface area contributed by atoms with E-state index in [2.05, 4.69) is 22.6 Å². The molecule has 3 N–H and O–H groups in total. The van der Waals surface area contributed by atoms with Gasteiger partial charge in [-0.1, -0.05) is 29.5 Å². The van der Waals surface area contributed by atoms with E-state index in [-0.39, 0.29) is 25.7 Å². The van der Waals surface area contributed by atoms with Crippen molar-refractivity contribution in [3.05, 3.63) is 0 Å². The third kappa shape index (κ3) is 2.85. The van der Waals surface area contributed by atoms with Crippen molar-refractivity contribution in [3.63, 3.8) is 0 Å². The minimum Gasteiger partial charge on any atom is -0.396 e. The van der Waals surface area contributed by atoms with E-state index in [0.29, 0.717) is 0 Å². The SMILES string of the molecule is CC(CO)(CO)C(CO)CI. The van der Waals surface area contributed by atoms with Gasteiger partial charge in [0.25, 0.3) is 0 Å². The highest BCUT2D eigenvalue weighted by molar-refractivity contribution is 14.1. The monoisotopic (exact) mass is 274 g/mol. The fraction of sp³-hybridized carbons (Fsp3) is 1.00. The summed E-state index contributed by atoms with van der Waals surface area (Å²) in [6.07, 6.45) is 0. The lowest BCUT2D eigenvalue weighted by molar-refractivity contribution is 0.00664. The summed E-state index contributed by atoms with van der Waals surface area (Å²) in [5, 5.41) is 26.8. The van der Waals surface area contributed by atoms with Crippen LogP contribution in [0.25, 0.3) is 0 Å². The molecule has 0 saturated carbocycles. The Bertz CT molecular complexity index is 99.9. The summed E-state index contributed by atoms with van der Waals surface area (Å²) >= 11 is 2.14. The molecular weight excluding hydrogens is 259 g/mol. The highest BCUT2D eigenvalue weighted by Gasteiger charge is 2.31. The molecule has 3 nitrogen and oxygen atoms in total. The van der Waals surface area contributed by atoms with Crippen LogP contribution in [0.2, 0.25) is 0 Å². The van der Waals surface area contributed by atoms with E-state index in [0.717, 1.165) is 4.43 Å². The molecule has 0 aliphatic carbocycles. The van der Waals surface area contributed by atoms with E-state index >= 15 is 0 Å². The van der Waals surface area contributed by atoms with Crippen LogP contribution in [-0.4, -0.2) is 39.6 Å². The van der Waals surface area contributed by atoms with Gasteiger partial charge >= 0.3 is 0 Å². The zero-order valence-corrected chi connectivity index (χ0v) is 8.78. The molecule has 0 aromatic rings. The Morgan fingerprint density at radius 3 is 1.82 bits per heavy atom. The first-order valence-corrected chi connectivity index (χ1v) is 5.05. The normalized spacial score (nSPS) is 15.0. The van der Waals surface area contributed by atoms with Crippen LogP contribution < -0.4 is 0 Å². The smallest absolute Gasteiger partial charge is 0.0510 e. The minimum atomic E-state index is -0.546. The molecule has 0 amide bonds. The van der Waals surface area contributed by atoms with E-state index < -0.39 is 5.41 Å². The summed E-state index contributed by atoms with van der Waals surface area (Å²) in [6.45, 7) is 1.61. The Kier molecular flexibility index (Phi) is 5.58. The van der Waals surface area contributed by atoms with Crippen molar-refractivity contribution in [2.75, 3.05) is 24.2 Å². The van der Waals surface area contributed by atoms with Gasteiger partial charge in [0.15, 0.2) is 0 Å². The maximum Gasteiger partial charge on any atom is 0.0510 e. The Balaban J connectivity index is 4.19. The summed E-state index contributed by atoms with van der Waals surface area (Å²) in [5.74, 6) is -0.0295. The molecule has 68 valence electrons. The van der Waals surface area contributed by atoms with Gasteiger partial charge in [-0.2, -0.15) is 0 Å². The Morgan fingerprint density at radius 1 is 1.27 bits per heavy atom. The third-order valence-corrected chi connectivity index (χ3v) is 3.18. The average Bonchev–Trinajstić information content (AvgIpc) is 2.06. The fourth-order valence-electron chi connectivity index (χ4n) is 0.764. The molecule has 0 bridgehead atoms. The second-order valence-electron chi connectivity index (χ2n) is 3.00. The van der Waals surface area contributed by atoms with Crippen LogP contribution in [0.1, 0.15) is 6.92 Å². The van der Waals surface area contributed by atoms with Gasteiger partial charge in [0.1, 0.15) is 0 Å². The zero-order chi connectivity index (χ0) is 8.91. The van der Waals surface area contributed by atoms with E-state index in [9.17, 15) is 0 Å². The van der Waals surface area contributed by atoms with Gasteiger partial charge in [-0.25, -0.2) is 0 Å². The Hall–Kier alpha value is 0.610. The molecule has 1 atom stereocenters. The Labute approximate surface area is 80.6 Å². The van der Waals surface area contributed by atoms with Crippen molar-refractivity contribution in [2.45, 2.75) is 6.92 Å². The Morgan fingerprint density at radius 2 is 1.73 bits per heavy atom. The molecule has 1 unspecified atom stereocenters. The first-order valence-electron chi connectivity index (χ1n) is 3.53. The fourth-order valence-corrected chi connectivity index (χ4v) is 2.11. The van der Waals surface area contributed by atoms with E-state index in [1.165, 1.54) is 0 Å². The van der Waals surface area contributed by atoms with Gasteiger partial charge in [0, 0.05) is 22.4 Å². The molecule has 0 aromatic carbocycles. The van der Waals surface area contributed by atoms with Crippen molar-refractivity contribution in [2.24, 2.45) is 11.3 Å². The number of aliphatic hydroxyl groups is 3. The van der Waals surface area contributed by atoms with Gasteiger partial charge < -0.3 is 15.3 Å². The average molecular weight is 274 g/mol. The van der Waals surface area contributed by atoms with Crippen LogP contribution in [0.15, 0.2) is 0 Å². The van der Waals surface area contributed by atoms with Crippen LogP contribution in [0, 0.1) is 11.3 Å². The lowest BCUT2D eigenvalue weighted by Crippen LogP contribution is -2.38. The molecule has 0 rings (SSSR count). The van der Waals surface area contributed by atoms with Crippen molar-refractivity contribution in [1.82, 2.24) is 0 Å². The molecule has 0 aliphatic rings. The first kappa shape index (κ1) is 11.6. The van der Waals surface area contributed by atoms with Gasteiger partial charge in [-0.15, -0.1) is 0 Å². The van der Waals surface area contributed by atoms with Crippen molar-refractivity contribution >= 4 is 22.6 Å². The minimum absolute atomic E-state index is 0.0144. The second kappa shape index (κ2) is 5.29. The molecule has 0 heterocycles. The molecule has 4 heteroatoms. The second-order valence-corrected chi connectivity index (χ2v) is 3.88. The molecule has 0 spiro atoms. The quantitative estimate of drug-likeness (QED) is 0.489. The summed E-state index contributed by atoms with van der Waals surface area (Å²) in [4.78, 5) is 0. The van der Waals surface area contributed by atoms with Crippen LogP contribution >= 0.6 is 22.6 Å². The topological polar surface area (TPSA) is 60.7 Å². The molecular formula is C7H15IO3. The van der Waals surface area contributed by atoms with Gasteiger partial charge in [0.05, 0.1) is 13.2 Å². The number of hydrogen-bond donors (Lipinski definition) is 3. The first-order chi connectivity index (χ1) is 5.14. The lowest BCUT2D eigenvalue weighted by Gasteiger charge is -2.31. The maximum atomic E-state index is 8.94. The van der Waals surface area contributed by atoms with E-state index in [1.807, 2.05) is 0 Å². The van der Waals surface area contributed by atoms with Crippen molar-refractivity contribution in [3.8, 4) is 0 Å². The highest BCUT2D eigenvalue weighted by Crippen LogP contribution is 2.27. The number of aliphatic hydroxyl groups excluding tert-OH is 3. The number of hydrogen-bond acceptors (Lipinski definition) is 3. The van der Waals surface area contributed by atoms with Crippen LogP contribution in [-0.2, 0) is 0 Å². The van der Waals surface area contributed by atoms with Crippen LogP contribution in [0.3, 0.4) is 0 Å². The highest BCUT2D eigenvalue weighted by atomic mass is 127. The zero-order valence-electron chi connectivity index (χ0n) is 6.63. The summed E-state index contributed by atoms with van der Waals surface area (Å²) < 4.78 is 0.742. The molecule has 11 heavy (non-hydrogen) atoms. The van der Waals surface area contributed by atoms with E-state index in [1.54, 1.807) is 6.92 Å². The summed E-state index contributed by atoms with van der Waals surface area (Å²) in [7, 11) is 0. The lowest BCUT2D eigenvalue weighted by atomic mass is 9.80. The predicted molar refractivity (Wildman–Crippen MR) is 51.7 cm³/mol. The van der Waals surface area contributed by atoms with Gasteiger partial charge in [-0.05, 0) is 0 Å². The number of alkyl halides is 1. The largest absolute Gasteiger partial charge is 0.396 e. The molecule has 0 fully saturated rings. The molecule has 0 radical (unpaired) electrons. The van der Waals surface area contributed by atoms with Crippen LogP contribution in [0.5, 0.6) is 0 Å². The summed E-state index contributed by atoms with van der Waals surface area (Å²) in [5.41, 5.74) is -0.546. The third-order valence-electron chi connectivity index (χ3n) is 2.11. The van der Waals surface area contributed by atoms with Crippen molar-refractivity contribution in [1.29, 1.82) is 0 Å². The molecule has 0 saturated heterocycles. The standard InChI is InChI=1S/C7H15IO3/c1-7(4-10,5-11)6(2-8)3-9/h6,9-11H,2-5H2,1H3. The molecule has 0 aliphatic heterocycles. The predicted octanol–water partition coefficient (Wildman–Crippen LogP) is 0.0208. The van der Waals surface area contributed by atoms with Gasteiger partial charge in [-0.3, -0.25) is 0 Å².